The van der Waals surface area contributed by atoms with Crippen LogP contribution in [0.1, 0.15) is 11.1 Å². The molecular weight excluding hydrogens is 315 g/mol. The van der Waals surface area contributed by atoms with Crippen LogP contribution in [0.25, 0.3) is 0 Å². The van der Waals surface area contributed by atoms with Crippen LogP contribution in [-0.2, 0) is 12.8 Å². The topological polar surface area (TPSA) is 12.0 Å². The molecule has 112 valence electrons. The van der Waals surface area contributed by atoms with Crippen LogP contribution in [0, 0.1) is 11.6 Å². The van der Waals surface area contributed by atoms with Crippen molar-refractivity contribution < 1.29 is 8.78 Å². The lowest BCUT2D eigenvalue weighted by atomic mass is 9.98. The molecule has 0 saturated heterocycles. The molecule has 1 N–H and O–H groups in total. The van der Waals surface area contributed by atoms with Gasteiger partial charge in [0.25, 0.3) is 0 Å². The van der Waals surface area contributed by atoms with E-state index >= 15 is 0 Å². The Bertz CT molecular complexity index is 611. The molecule has 0 bridgehead atoms. The van der Waals surface area contributed by atoms with Crippen molar-refractivity contribution >= 4 is 23.2 Å². The van der Waals surface area contributed by atoms with Crippen molar-refractivity contribution in [2.75, 3.05) is 7.05 Å². The maximum atomic E-state index is 13.8. The second-order valence-corrected chi connectivity index (χ2v) is 5.66. The SMILES string of the molecule is CNC(Cc1ccc(Cl)c(F)c1)Cc1c(F)cccc1Cl. The summed E-state index contributed by atoms with van der Waals surface area (Å²) in [6, 6.07) is 9.25. The minimum atomic E-state index is -0.451. The molecule has 0 radical (unpaired) electrons. The highest BCUT2D eigenvalue weighted by molar-refractivity contribution is 6.31. The Morgan fingerprint density at radius 1 is 1.00 bits per heavy atom. The third kappa shape index (κ3) is 4.16. The van der Waals surface area contributed by atoms with Crippen molar-refractivity contribution in [1.82, 2.24) is 5.32 Å². The Kier molecular flexibility index (Phi) is 5.57. The zero-order valence-corrected chi connectivity index (χ0v) is 13.0. The molecular formula is C16H15Cl2F2N. The summed E-state index contributed by atoms with van der Waals surface area (Å²) >= 11 is 11.7. The van der Waals surface area contributed by atoms with Crippen molar-refractivity contribution in [1.29, 1.82) is 0 Å². The average molecular weight is 330 g/mol. The number of rotatable bonds is 5. The van der Waals surface area contributed by atoms with E-state index in [1.54, 1.807) is 25.2 Å². The fourth-order valence-electron chi connectivity index (χ4n) is 2.20. The zero-order valence-electron chi connectivity index (χ0n) is 11.5. The summed E-state index contributed by atoms with van der Waals surface area (Å²) in [5.41, 5.74) is 1.26. The molecule has 0 amide bonds. The zero-order chi connectivity index (χ0) is 15.4. The van der Waals surface area contributed by atoms with Gasteiger partial charge in [-0.2, -0.15) is 0 Å². The number of likely N-dealkylation sites (N-methyl/N-ethyl adjacent to an activating group) is 1. The number of halogens is 4. The molecule has 0 spiro atoms. The Morgan fingerprint density at radius 3 is 2.38 bits per heavy atom. The van der Waals surface area contributed by atoms with Crippen LogP contribution in [0.5, 0.6) is 0 Å². The van der Waals surface area contributed by atoms with Crippen LogP contribution in [0.2, 0.25) is 10.0 Å². The summed E-state index contributed by atoms with van der Waals surface area (Å²) in [5, 5.41) is 3.60. The Hall–Kier alpha value is -1.16. The molecule has 0 saturated carbocycles. The molecule has 1 unspecified atom stereocenters. The third-order valence-electron chi connectivity index (χ3n) is 3.39. The summed E-state index contributed by atoms with van der Waals surface area (Å²) in [4.78, 5) is 0. The molecule has 2 rings (SSSR count). The van der Waals surface area contributed by atoms with E-state index in [-0.39, 0.29) is 16.9 Å². The quantitative estimate of drug-likeness (QED) is 0.842. The molecule has 0 aliphatic rings. The number of hydrogen-bond donors (Lipinski definition) is 1. The fraction of sp³-hybridized carbons (Fsp3) is 0.250. The molecule has 21 heavy (non-hydrogen) atoms. The van der Waals surface area contributed by atoms with Gasteiger partial charge in [0.05, 0.1) is 5.02 Å². The van der Waals surface area contributed by atoms with Crippen molar-refractivity contribution in [2.24, 2.45) is 0 Å². The summed E-state index contributed by atoms with van der Waals surface area (Å²) in [5.74, 6) is -0.780. The van der Waals surface area contributed by atoms with E-state index in [1.165, 1.54) is 18.2 Å². The Balaban J connectivity index is 2.15. The van der Waals surface area contributed by atoms with E-state index in [1.807, 2.05) is 0 Å². The van der Waals surface area contributed by atoms with Gasteiger partial charge in [-0.3, -0.25) is 0 Å². The lowest BCUT2D eigenvalue weighted by molar-refractivity contribution is 0.530. The predicted molar refractivity (Wildman–Crippen MR) is 83.1 cm³/mol. The Labute approximate surface area is 132 Å². The molecule has 1 atom stereocenters. The van der Waals surface area contributed by atoms with E-state index in [9.17, 15) is 8.78 Å². The number of hydrogen-bond acceptors (Lipinski definition) is 1. The molecule has 0 aromatic heterocycles. The summed E-state index contributed by atoms with van der Waals surface area (Å²) in [6.45, 7) is 0. The number of nitrogens with one attached hydrogen (secondary N) is 1. The third-order valence-corrected chi connectivity index (χ3v) is 4.05. The number of benzene rings is 2. The van der Waals surface area contributed by atoms with Gasteiger partial charge in [-0.05, 0) is 49.7 Å². The maximum absolute atomic E-state index is 13.8. The first kappa shape index (κ1) is 16.2. The fourth-order valence-corrected chi connectivity index (χ4v) is 2.56. The van der Waals surface area contributed by atoms with Crippen molar-refractivity contribution in [3.8, 4) is 0 Å². The van der Waals surface area contributed by atoms with Crippen LogP contribution < -0.4 is 5.32 Å². The van der Waals surface area contributed by atoms with Crippen molar-refractivity contribution in [2.45, 2.75) is 18.9 Å². The maximum Gasteiger partial charge on any atom is 0.142 e. The summed E-state index contributed by atoms with van der Waals surface area (Å²) in [7, 11) is 1.78. The molecule has 0 fully saturated rings. The normalized spacial score (nSPS) is 12.4. The lowest BCUT2D eigenvalue weighted by Gasteiger charge is -2.18. The molecule has 1 nitrogen and oxygen atoms in total. The second kappa shape index (κ2) is 7.21. The lowest BCUT2D eigenvalue weighted by Crippen LogP contribution is -2.30. The molecule has 5 heteroatoms. The summed E-state index contributed by atoms with van der Waals surface area (Å²) in [6.07, 6.45) is 0.974. The average Bonchev–Trinajstić information content (AvgIpc) is 2.45. The highest BCUT2D eigenvalue weighted by Crippen LogP contribution is 2.22. The van der Waals surface area contributed by atoms with Crippen molar-refractivity contribution in [3.63, 3.8) is 0 Å². The van der Waals surface area contributed by atoms with Crippen LogP contribution in [0.3, 0.4) is 0 Å². The van der Waals surface area contributed by atoms with Gasteiger partial charge in [0.1, 0.15) is 11.6 Å². The van der Waals surface area contributed by atoms with Crippen molar-refractivity contribution in [3.05, 3.63) is 69.2 Å². The van der Waals surface area contributed by atoms with Crippen LogP contribution in [-0.4, -0.2) is 13.1 Å². The first-order chi connectivity index (χ1) is 10.0. The Morgan fingerprint density at radius 2 is 1.76 bits per heavy atom. The van der Waals surface area contributed by atoms with Gasteiger partial charge >= 0.3 is 0 Å². The molecule has 0 heterocycles. The highest BCUT2D eigenvalue weighted by Gasteiger charge is 2.15. The van der Waals surface area contributed by atoms with E-state index in [0.717, 1.165) is 5.56 Å². The molecule has 0 aliphatic heterocycles. The van der Waals surface area contributed by atoms with Gasteiger partial charge in [0, 0.05) is 16.6 Å². The smallest absolute Gasteiger partial charge is 0.142 e. The minimum Gasteiger partial charge on any atom is -0.316 e. The predicted octanol–water partition coefficient (Wildman–Crippen LogP) is 4.64. The monoisotopic (exact) mass is 329 g/mol. The van der Waals surface area contributed by atoms with E-state index < -0.39 is 5.82 Å². The van der Waals surface area contributed by atoms with Gasteiger partial charge in [-0.25, -0.2) is 8.78 Å². The van der Waals surface area contributed by atoms with Gasteiger partial charge in [0.2, 0.25) is 0 Å². The van der Waals surface area contributed by atoms with Gasteiger partial charge < -0.3 is 5.32 Å². The molecule has 0 aliphatic carbocycles. The van der Waals surface area contributed by atoms with E-state index in [0.29, 0.717) is 23.4 Å². The van der Waals surface area contributed by atoms with Gasteiger partial charge in [-0.1, -0.05) is 35.3 Å². The first-order valence-corrected chi connectivity index (χ1v) is 7.31. The van der Waals surface area contributed by atoms with E-state index in [4.69, 9.17) is 23.2 Å². The van der Waals surface area contributed by atoms with Gasteiger partial charge in [-0.15, -0.1) is 0 Å². The molecule has 2 aromatic rings. The summed E-state index contributed by atoms with van der Waals surface area (Å²) < 4.78 is 27.3. The van der Waals surface area contributed by atoms with Crippen LogP contribution in [0.15, 0.2) is 36.4 Å². The first-order valence-electron chi connectivity index (χ1n) is 6.55. The standard InChI is InChI=1S/C16H15Cl2F2N/c1-21-11(7-10-5-6-14(18)16(20)8-10)9-12-13(17)3-2-4-15(12)19/h2-6,8,11,21H,7,9H2,1H3. The van der Waals surface area contributed by atoms with Gasteiger partial charge in [0.15, 0.2) is 0 Å². The second-order valence-electron chi connectivity index (χ2n) is 4.84. The highest BCUT2D eigenvalue weighted by atomic mass is 35.5. The minimum absolute atomic E-state index is 0.0556. The van der Waals surface area contributed by atoms with Crippen LogP contribution >= 0.6 is 23.2 Å². The van der Waals surface area contributed by atoms with Crippen LogP contribution in [0.4, 0.5) is 8.78 Å². The largest absolute Gasteiger partial charge is 0.316 e. The molecule has 2 aromatic carbocycles. The van der Waals surface area contributed by atoms with E-state index in [2.05, 4.69) is 5.32 Å².